The van der Waals surface area contributed by atoms with Crippen molar-refractivity contribution in [2.45, 2.75) is 40.2 Å². The molecule has 20 heavy (non-hydrogen) atoms. The number of nitrogens with zero attached hydrogens (tertiary/aromatic N) is 1. The zero-order valence-electron chi connectivity index (χ0n) is 11.9. The van der Waals surface area contributed by atoms with Crippen LogP contribution in [-0.4, -0.2) is 31.1 Å². The van der Waals surface area contributed by atoms with Gasteiger partial charge in [-0.15, -0.1) is 0 Å². The number of hydrogen-bond acceptors (Lipinski definition) is 3. The van der Waals surface area contributed by atoms with Gasteiger partial charge in [0.25, 0.3) is 0 Å². The van der Waals surface area contributed by atoms with Gasteiger partial charge in [0.05, 0.1) is 7.11 Å². The first-order chi connectivity index (χ1) is 9.17. The topological polar surface area (TPSA) is 29.5 Å². The molecular weight excluding hydrogens is 250 g/mol. The smallest absolute Gasteiger partial charge is 0.305 e. The summed E-state index contributed by atoms with van der Waals surface area (Å²) in [5.41, 5.74) is 2.68. The Morgan fingerprint density at radius 3 is 2.40 bits per heavy atom. The fourth-order valence-electron chi connectivity index (χ4n) is 2.62. The maximum absolute atomic E-state index is 11.2. The Balaban J connectivity index is 0.00000200. The van der Waals surface area contributed by atoms with Crippen molar-refractivity contribution in [2.75, 3.05) is 20.2 Å². The number of piperidine rings is 1. The Morgan fingerprint density at radius 2 is 1.85 bits per heavy atom. The van der Waals surface area contributed by atoms with Crippen LogP contribution in [0.5, 0.6) is 0 Å². The Morgan fingerprint density at radius 1 is 1.25 bits per heavy atom. The van der Waals surface area contributed by atoms with Crippen molar-refractivity contribution in [2.24, 2.45) is 5.92 Å². The average Bonchev–Trinajstić information content (AvgIpc) is 2.43. The normalized spacial score (nSPS) is 16.5. The number of esters is 1. The molecule has 112 valence electrons. The SMILES string of the molecule is C.COC(=O)CC1CCN(Cc2ccc(C)cc2)CC1. The summed E-state index contributed by atoms with van der Waals surface area (Å²) in [5, 5.41) is 0. The van der Waals surface area contributed by atoms with Crippen molar-refractivity contribution in [1.29, 1.82) is 0 Å². The fraction of sp³-hybridized carbons (Fsp3) is 0.588. The van der Waals surface area contributed by atoms with Gasteiger partial charge in [-0.05, 0) is 44.3 Å². The van der Waals surface area contributed by atoms with Gasteiger partial charge >= 0.3 is 5.97 Å². The van der Waals surface area contributed by atoms with Crippen molar-refractivity contribution < 1.29 is 9.53 Å². The second-order valence-corrected chi connectivity index (χ2v) is 5.49. The highest BCUT2D eigenvalue weighted by molar-refractivity contribution is 5.69. The molecule has 0 unspecified atom stereocenters. The van der Waals surface area contributed by atoms with Crippen molar-refractivity contribution in [1.82, 2.24) is 4.90 Å². The lowest BCUT2D eigenvalue weighted by molar-refractivity contribution is -0.142. The predicted octanol–water partition coefficient (Wildman–Crippen LogP) is 3.41. The van der Waals surface area contributed by atoms with E-state index in [0.717, 1.165) is 32.5 Å². The minimum absolute atomic E-state index is 0. The van der Waals surface area contributed by atoms with Gasteiger partial charge in [0, 0.05) is 13.0 Å². The van der Waals surface area contributed by atoms with E-state index in [4.69, 9.17) is 4.74 Å². The van der Waals surface area contributed by atoms with Crippen LogP contribution in [0.3, 0.4) is 0 Å². The van der Waals surface area contributed by atoms with E-state index in [1.165, 1.54) is 18.2 Å². The second-order valence-electron chi connectivity index (χ2n) is 5.49. The van der Waals surface area contributed by atoms with Gasteiger partial charge in [0.15, 0.2) is 0 Å². The first-order valence-corrected chi connectivity index (χ1v) is 7.02. The standard InChI is InChI=1S/C16H23NO2.CH4/c1-13-3-5-15(6-4-13)12-17-9-7-14(8-10-17)11-16(18)19-2;/h3-6,14H,7-12H2,1-2H3;1H4. The number of rotatable bonds is 4. The molecule has 0 atom stereocenters. The van der Waals surface area contributed by atoms with E-state index in [1.807, 2.05) is 0 Å². The monoisotopic (exact) mass is 277 g/mol. The molecule has 1 aliphatic rings. The van der Waals surface area contributed by atoms with Crippen LogP contribution in [0.2, 0.25) is 0 Å². The largest absolute Gasteiger partial charge is 0.469 e. The summed E-state index contributed by atoms with van der Waals surface area (Å²) in [6, 6.07) is 8.74. The molecule has 0 amide bonds. The molecule has 0 aliphatic carbocycles. The van der Waals surface area contributed by atoms with Crippen LogP contribution in [0.25, 0.3) is 0 Å². The quantitative estimate of drug-likeness (QED) is 0.790. The number of likely N-dealkylation sites (tertiary alicyclic amines) is 1. The van der Waals surface area contributed by atoms with Crippen molar-refractivity contribution in [3.63, 3.8) is 0 Å². The van der Waals surface area contributed by atoms with Gasteiger partial charge < -0.3 is 4.74 Å². The third kappa shape index (κ3) is 4.97. The van der Waals surface area contributed by atoms with E-state index < -0.39 is 0 Å². The number of ether oxygens (including phenoxy) is 1. The highest BCUT2D eigenvalue weighted by Gasteiger charge is 2.21. The number of methoxy groups -OCH3 is 1. The molecular formula is C17H27NO2. The summed E-state index contributed by atoms with van der Waals surface area (Å²) >= 11 is 0. The molecule has 1 aliphatic heterocycles. The lowest BCUT2D eigenvalue weighted by Crippen LogP contribution is -2.34. The third-order valence-electron chi connectivity index (χ3n) is 3.92. The first kappa shape index (κ1) is 16.7. The number of carbonyl (C=O) groups is 1. The molecule has 0 radical (unpaired) electrons. The summed E-state index contributed by atoms with van der Waals surface area (Å²) in [6.07, 6.45) is 2.77. The highest BCUT2D eigenvalue weighted by Crippen LogP contribution is 2.22. The first-order valence-electron chi connectivity index (χ1n) is 7.02. The minimum atomic E-state index is -0.0722. The summed E-state index contributed by atoms with van der Waals surface area (Å²) in [7, 11) is 1.47. The zero-order chi connectivity index (χ0) is 13.7. The zero-order valence-corrected chi connectivity index (χ0v) is 11.9. The van der Waals surface area contributed by atoms with Gasteiger partial charge in [0.2, 0.25) is 0 Å². The molecule has 1 saturated heterocycles. The molecule has 1 fully saturated rings. The molecule has 3 heteroatoms. The van der Waals surface area contributed by atoms with E-state index >= 15 is 0 Å². The van der Waals surface area contributed by atoms with Crippen LogP contribution in [0, 0.1) is 12.8 Å². The van der Waals surface area contributed by atoms with Crippen LogP contribution < -0.4 is 0 Å². The van der Waals surface area contributed by atoms with E-state index in [0.29, 0.717) is 12.3 Å². The molecule has 0 spiro atoms. The van der Waals surface area contributed by atoms with Crippen molar-refractivity contribution in [3.8, 4) is 0 Å². The molecule has 0 N–H and O–H groups in total. The van der Waals surface area contributed by atoms with Gasteiger partial charge in [-0.1, -0.05) is 37.3 Å². The summed E-state index contributed by atoms with van der Waals surface area (Å²) in [5.74, 6) is 0.429. The number of aryl methyl sites for hydroxylation is 1. The van der Waals surface area contributed by atoms with Crippen LogP contribution >= 0.6 is 0 Å². The summed E-state index contributed by atoms with van der Waals surface area (Å²) in [6.45, 7) is 5.29. The molecule has 1 heterocycles. The third-order valence-corrected chi connectivity index (χ3v) is 3.92. The minimum Gasteiger partial charge on any atom is -0.469 e. The maximum atomic E-state index is 11.2. The Kier molecular flexibility index (Phi) is 6.73. The van der Waals surface area contributed by atoms with Crippen molar-refractivity contribution >= 4 is 5.97 Å². The van der Waals surface area contributed by atoms with Gasteiger partial charge in [0.1, 0.15) is 0 Å². The van der Waals surface area contributed by atoms with Crippen LogP contribution in [0.15, 0.2) is 24.3 Å². The number of carbonyl (C=O) groups excluding carboxylic acids is 1. The summed E-state index contributed by atoms with van der Waals surface area (Å²) < 4.78 is 4.73. The predicted molar refractivity (Wildman–Crippen MR) is 82.5 cm³/mol. The lowest BCUT2D eigenvalue weighted by Gasteiger charge is -2.31. The molecule has 1 aromatic rings. The van der Waals surface area contributed by atoms with Crippen LogP contribution in [-0.2, 0) is 16.1 Å². The van der Waals surface area contributed by atoms with E-state index in [2.05, 4.69) is 36.1 Å². The van der Waals surface area contributed by atoms with E-state index in [-0.39, 0.29) is 13.4 Å². The summed E-state index contributed by atoms with van der Waals surface area (Å²) in [4.78, 5) is 13.7. The molecule has 2 rings (SSSR count). The second kappa shape index (κ2) is 8.05. The van der Waals surface area contributed by atoms with Gasteiger partial charge in [-0.2, -0.15) is 0 Å². The van der Waals surface area contributed by atoms with Gasteiger partial charge in [-0.3, -0.25) is 9.69 Å². The molecule has 0 aromatic heterocycles. The molecule has 0 saturated carbocycles. The van der Waals surface area contributed by atoms with E-state index in [9.17, 15) is 4.79 Å². The van der Waals surface area contributed by atoms with Crippen molar-refractivity contribution in [3.05, 3.63) is 35.4 Å². The molecule has 3 nitrogen and oxygen atoms in total. The molecule has 0 bridgehead atoms. The fourth-order valence-corrected chi connectivity index (χ4v) is 2.62. The Bertz CT molecular complexity index is 406. The highest BCUT2D eigenvalue weighted by atomic mass is 16.5. The molecule has 1 aromatic carbocycles. The lowest BCUT2D eigenvalue weighted by atomic mass is 9.93. The Hall–Kier alpha value is -1.35. The Labute approximate surface area is 122 Å². The van der Waals surface area contributed by atoms with E-state index in [1.54, 1.807) is 0 Å². The van der Waals surface area contributed by atoms with Crippen LogP contribution in [0.4, 0.5) is 0 Å². The maximum Gasteiger partial charge on any atom is 0.305 e. The van der Waals surface area contributed by atoms with Crippen LogP contribution in [0.1, 0.15) is 37.8 Å². The van der Waals surface area contributed by atoms with Gasteiger partial charge in [-0.25, -0.2) is 0 Å². The number of hydrogen-bond donors (Lipinski definition) is 0. The average molecular weight is 277 g/mol. The number of benzene rings is 1.